The number of methoxy groups -OCH3 is 1. The summed E-state index contributed by atoms with van der Waals surface area (Å²) in [6.07, 6.45) is 1.00. The average Bonchev–Trinajstić information content (AvgIpc) is 2.79. The summed E-state index contributed by atoms with van der Waals surface area (Å²) in [7, 11) is 1.40. The van der Waals surface area contributed by atoms with Gasteiger partial charge in [0.1, 0.15) is 5.75 Å². The molecule has 0 fully saturated rings. The van der Waals surface area contributed by atoms with Gasteiger partial charge in [-0.15, -0.1) is 0 Å². The molecule has 4 heteroatoms. The lowest BCUT2D eigenvalue weighted by Gasteiger charge is -2.13. The molecule has 30 heavy (non-hydrogen) atoms. The normalized spacial score (nSPS) is 10.7. The standard InChI is InChI=1S/C26H21FO3/c1-29-26(28)15-11-18-10-12-20-17-21(14-13-19(20)16-18)22-6-2-4-8-24(22)30-25-9-5-3-7-23(25)27/h2-10,12-14,16-17H,11,15H2,1H3. The molecule has 0 bridgehead atoms. The van der Waals surface area contributed by atoms with Gasteiger partial charge in [-0.1, -0.05) is 60.7 Å². The van der Waals surface area contributed by atoms with Crippen LogP contribution in [0.3, 0.4) is 0 Å². The van der Waals surface area contributed by atoms with Crippen molar-refractivity contribution in [3.63, 3.8) is 0 Å². The van der Waals surface area contributed by atoms with Gasteiger partial charge in [0, 0.05) is 12.0 Å². The minimum atomic E-state index is -0.398. The summed E-state index contributed by atoms with van der Waals surface area (Å²) in [6.45, 7) is 0. The Balaban J connectivity index is 1.64. The van der Waals surface area contributed by atoms with E-state index in [-0.39, 0.29) is 11.7 Å². The Morgan fingerprint density at radius 1 is 0.833 bits per heavy atom. The minimum Gasteiger partial charge on any atom is -0.469 e. The maximum Gasteiger partial charge on any atom is 0.305 e. The molecule has 3 nitrogen and oxygen atoms in total. The van der Waals surface area contributed by atoms with E-state index in [0.717, 1.165) is 27.5 Å². The Labute approximate surface area is 174 Å². The zero-order valence-corrected chi connectivity index (χ0v) is 16.6. The van der Waals surface area contributed by atoms with Crippen molar-refractivity contribution < 1.29 is 18.7 Å². The van der Waals surface area contributed by atoms with Gasteiger partial charge in [0.15, 0.2) is 11.6 Å². The molecule has 0 aromatic heterocycles. The molecule has 150 valence electrons. The molecular weight excluding hydrogens is 379 g/mol. The lowest BCUT2D eigenvalue weighted by molar-refractivity contribution is -0.140. The summed E-state index contributed by atoms with van der Waals surface area (Å²) in [4.78, 5) is 11.4. The summed E-state index contributed by atoms with van der Waals surface area (Å²) >= 11 is 0. The topological polar surface area (TPSA) is 35.5 Å². The Morgan fingerprint density at radius 3 is 2.33 bits per heavy atom. The van der Waals surface area contributed by atoms with E-state index in [2.05, 4.69) is 12.1 Å². The van der Waals surface area contributed by atoms with Crippen molar-refractivity contribution in [1.29, 1.82) is 0 Å². The molecule has 0 aliphatic rings. The molecule has 4 aromatic carbocycles. The van der Waals surface area contributed by atoms with Crippen molar-refractivity contribution in [2.75, 3.05) is 7.11 Å². The van der Waals surface area contributed by atoms with Gasteiger partial charge in [-0.05, 0) is 52.6 Å². The number of fused-ring (bicyclic) bond motifs is 1. The second-order valence-corrected chi connectivity index (χ2v) is 7.00. The van der Waals surface area contributed by atoms with Crippen LogP contribution in [-0.2, 0) is 16.0 Å². The lowest BCUT2D eigenvalue weighted by atomic mass is 9.98. The predicted molar refractivity (Wildman–Crippen MR) is 116 cm³/mol. The van der Waals surface area contributed by atoms with E-state index in [9.17, 15) is 9.18 Å². The van der Waals surface area contributed by atoms with Crippen LogP contribution < -0.4 is 4.74 Å². The zero-order valence-electron chi connectivity index (χ0n) is 16.6. The molecule has 0 amide bonds. The lowest BCUT2D eigenvalue weighted by Crippen LogP contribution is -2.01. The first-order valence-corrected chi connectivity index (χ1v) is 9.75. The highest BCUT2D eigenvalue weighted by atomic mass is 19.1. The van der Waals surface area contributed by atoms with Crippen LogP contribution in [-0.4, -0.2) is 13.1 Å². The van der Waals surface area contributed by atoms with Crippen LogP contribution in [0.25, 0.3) is 21.9 Å². The Bertz CT molecular complexity index is 1200. The highest BCUT2D eigenvalue weighted by Gasteiger charge is 2.10. The SMILES string of the molecule is COC(=O)CCc1ccc2cc(-c3ccccc3Oc3ccccc3F)ccc2c1. The molecule has 0 atom stereocenters. The van der Waals surface area contributed by atoms with Gasteiger partial charge in [-0.2, -0.15) is 0 Å². The van der Waals surface area contributed by atoms with Crippen LogP contribution in [0.5, 0.6) is 11.5 Å². The number of halogens is 1. The third-order valence-corrected chi connectivity index (χ3v) is 5.00. The summed E-state index contributed by atoms with van der Waals surface area (Å²) in [5.41, 5.74) is 2.96. The number of para-hydroxylation sites is 2. The molecule has 0 heterocycles. The van der Waals surface area contributed by atoms with E-state index in [0.29, 0.717) is 18.6 Å². The second kappa shape index (κ2) is 8.78. The summed E-state index contributed by atoms with van der Waals surface area (Å²) in [6, 6.07) is 26.3. The highest BCUT2D eigenvalue weighted by molar-refractivity contribution is 5.89. The average molecular weight is 400 g/mol. The molecular formula is C26H21FO3. The molecule has 4 aromatic rings. The van der Waals surface area contributed by atoms with Crippen molar-refractivity contribution in [1.82, 2.24) is 0 Å². The fourth-order valence-corrected chi connectivity index (χ4v) is 3.41. The van der Waals surface area contributed by atoms with E-state index < -0.39 is 5.82 Å². The van der Waals surface area contributed by atoms with Crippen molar-refractivity contribution in [2.24, 2.45) is 0 Å². The Kier molecular flexibility index (Phi) is 5.75. The summed E-state index contributed by atoms with van der Waals surface area (Å²) in [5.74, 6) is 0.180. The largest absolute Gasteiger partial charge is 0.469 e. The first kappa shape index (κ1) is 19.6. The maximum absolute atomic E-state index is 14.0. The van der Waals surface area contributed by atoms with Crippen molar-refractivity contribution in [3.8, 4) is 22.6 Å². The predicted octanol–water partition coefficient (Wildman–Crippen LogP) is 6.54. The van der Waals surface area contributed by atoms with Crippen molar-refractivity contribution in [2.45, 2.75) is 12.8 Å². The van der Waals surface area contributed by atoms with Gasteiger partial charge >= 0.3 is 5.97 Å². The number of aryl methyl sites for hydroxylation is 1. The summed E-state index contributed by atoms with van der Waals surface area (Å²) in [5, 5.41) is 2.17. The Hall–Kier alpha value is -3.66. The minimum absolute atomic E-state index is 0.195. The Morgan fingerprint density at radius 2 is 1.53 bits per heavy atom. The van der Waals surface area contributed by atoms with E-state index in [1.54, 1.807) is 18.2 Å². The van der Waals surface area contributed by atoms with Crippen LogP contribution in [0.1, 0.15) is 12.0 Å². The molecule has 4 rings (SSSR count). The van der Waals surface area contributed by atoms with Crippen molar-refractivity contribution >= 4 is 16.7 Å². The fourth-order valence-electron chi connectivity index (χ4n) is 3.41. The van der Waals surface area contributed by atoms with Crippen LogP contribution >= 0.6 is 0 Å². The molecule has 0 N–H and O–H groups in total. The number of carbonyl (C=O) groups is 1. The molecule has 0 unspecified atom stereocenters. The monoisotopic (exact) mass is 400 g/mol. The maximum atomic E-state index is 14.0. The van der Waals surface area contributed by atoms with Gasteiger partial charge in [-0.3, -0.25) is 4.79 Å². The number of rotatable bonds is 6. The van der Waals surface area contributed by atoms with Crippen LogP contribution in [0.15, 0.2) is 84.9 Å². The number of benzene rings is 4. The first-order valence-electron chi connectivity index (χ1n) is 9.75. The molecule has 0 aliphatic heterocycles. The first-order chi connectivity index (χ1) is 14.6. The van der Waals surface area contributed by atoms with Gasteiger partial charge in [0.25, 0.3) is 0 Å². The number of hydrogen-bond donors (Lipinski definition) is 0. The molecule has 0 spiro atoms. The zero-order chi connectivity index (χ0) is 20.9. The van der Waals surface area contributed by atoms with Gasteiger partial charge in [-0.25, -0.2) is 4.39 Å². The van der Waals surface area contributed by atoms with E-state index in [1.807, 2.05) is 48.5 Å². The quantitative estimate of drug-likeness (QED) is 0.345. The molecule has 0 aliphatic carbocycles. The van der Waals surface area contributed by atoms with Crippen molar-refractivity contribution in [3.05, 3.63) is 96.3 Å². The van der Waals surface area contributed by atoms with E-state index in [4.69, 9.17) is 9.47 Å². The highest BCUT2D eigenvalue weighted by Crippen LogP contribution is 2.35. The van der Waals surface area contributed by atoms with E-state index >= 15 is 0 Å². The fraction of sp³-hybridized carbons (Fsp3) is 0.115. The number of hydrogen-bond acceptors (Lipinski definition) is 3. The van der Waals surface area contributed by atoms with Gasteiger partial charge < -0.3 is 9.47 Å². The smallest absolute Gasteiger partial charge is 0.305 e. The third-order valence-electron chi connectivity index (χ3n) is 5.00. The van der Waals surface area contributed by atoms with Crippen LogP contribution in [0.4, 0.5) is 4.39 Å². The molecule has 0 saturated heterocycles. The second-order valence-electron chi connectivity index (χ2n) is 7.00. The third kappa shape index (κ3) is 4.33. The number of carbonyl (C=O) groups excluding carboxylic acids is 1. The van der Waals surface area contributed by atoms with Crippen LogP contribution in [0, 0.1) is 5.82 Å². The van der Waals surface area contributed by atoms with Gasteiger partial charge in [0.05, 0.1) is 7.11 Å². The number of ether oxygens (including phenoxy) is 2. The van der Waals surface area contributed by atoms with Crippen LogP contribution in [0.2, 0.25) is 0 Å². The van der Waals surface area contributed by atoms with E-state index in [1.165, 1.54) is 13.2 Å². The molecule has 0 radical (unpaired) electrons. The molecule has 0 saturated carbocycles. The number of esters is 1. The summed E-state index contributed by atoms with van der Waals surface area (Å²) < 4.78 is 24.6. The van der Waals surface area contributed by atoms with Gasteiger partial charge in [0.2, 0.25) is 0 Å².